The van der Waals surface area contributed by atoms with Crippen molar-refractivity contribution >= 4 is 28.3 Å². The summed E-state index contributed by atoms with van der Waals surface area (Å²) in [6, 6.07) is 2.87. The second kappa shape index (κ2) is 5.85. The maximum absolute atomic E-state index is 13.6. The van der Waals surface area contributed by atoms with E-state index in [9.17, 15) is 4.39 Å². The smallest absolute Gasteiger partial charge is 0.142 e. The molecule has 0 spiro atoms. The summed E-state index contributed by atoms with van der Waals surface area (Å²) in [6.45, 7) is 6.77. The number of hydrogen-bond donors (Lipinski definition) is 1. The highest BCUT2D eigenvalue weighted by molar-refractivity contribution is 6.31. The summed E-state index contributed by atoms with van der Waals surface area (Å²) < 4.78 is 13.6. The Morgan fingerprint density at radius 3 is 2.86 bits per heavy atom. The Balaban J connectivity index is 1.80. The van der Waals surface area contributed by atoms with E-state index in [1.54, 1.807) is 0 Å². The van der Waals surface area contributed by atoms with Gasteiger partial charge in [-0.3, -0.25) is 0 Å². The van der Waals surface area contributed by atoms with Crippen LogP contribution in [0.25, 0.3) is 10.9 Å². The number of benzene rings is 1. The zero-order valence-electron chi connectivity index (χ0n) is 11.6. The zero-order chi connectivity index (χ0) is 14.8. The molecule has 1 aromatic heterocycles. The van der Waals surface area contributed by atoms with Crippen LogP contribution in [0.1, 0.15) is 12.8 Å². The zero-order valence-corrected chi connectivity index (χ0v) is 12.3. The van der Waals surface area contributed by atoms with E-state index < -0.39 is 5.82 Å². The average Bonchev–Trinajstić information content (AvgIpc) is 3.00. The van der Waals surface area contributed by atoms with Crippen LogP contribution in [0.3, 0.4) is 0 Å². The molecule has 0 bridgehead atoms. The van der Waals surface area contributed by atoms with Gasteiger partial charge in [-0.25, -0.2) is 14.4 Å². The van der Waals surface area contributed by atoms with Crippen molar-refractivity contribution in [3.8, 4) is 0 Å². The van der Waals surface area contributed by atoms with E-state index in [1.807, 2.05) is 0 Å². The third-order valence-corrected chi connectivity index (χ3v) is 3.98. The van der Waals surface area contributed by atoms with E-state index in [4.69, 9.17) is 11.6 Å². The number of fused-ring (bicyclic) bond motifs is 1. The molecule has 4 nitrogen and oxygen atoms in total. The second-order valence-corrected chi connectivity index (χ2v) is 5.53. The fraction of sp³-hybridized carbons (Fsp3) is 0.333. The molecule has 0 atom stereocenters. The van der Waals surface area contributed by atoms with Crippen LogP contribution >= 0.6 is 11.6 Å². The van der Waals surface area contributed by atoms with Crippen LogP contribution in [0.2, 0.25) is 5.02 Å². The third kappa shape index (κ3) is 2.93. The molecule has 0 aliphatic carbocycles. The van der Waals surface area contributed by atoms with Crippen LogP contribution in [0.15, 0.2) is 30.7 Å². The number of nitrogens with one attached hydrogen (secondary N) is 1. The lowest BCUT2D eigenvalue weighted by atomic mass is 10.2. The summed E-state index contributed by atoms with van der Waals surface area (Å²) >= 11 is 5.78. The minimum Gasteiger partial charge on any atom is -0.374 e. The fourth-order valence-electron chi connectivity index (χ4n) is 2.52. The Hall–Kier alpha value is -1.88. The van der Waals surface area contributed by atoms with E-state index in [1.165, 1.54) is 31.3 Å². The summed E-state index contributed by atoms with van der Waals surface area (Å²) in [7, 11) is 0. The minimum atomic E-state index is -0.472. The van der Waals surface area contributed by atoms with Crippen LogP contribution < -0.4 is 5.32 Å². The van der Waals surface area contributed by atoms with Crippen LogP contribution in [-0.4, -0.2) is 34.5 Å². The van der Waals surface area contributed by atoms with Crippen molar-refractivity contribution in [1.29, 1.82) is 0 Å². The Bertz CT molecular complexity index is 683. The number of hydrogen-bond acceptors (Lipinski definition) is 4. The van der Waals surface area contributed by atoms with Gasteiger partial charge in [0.05, 0.1) is 17.1 Å². The molecule has 0 amide bonds. The molecule has 0 saturated carbocycles. The standard InChI is InChI=1S/C15H16ClFN4/c1-10(21-4-2-3-5-21)8-18-15-11-6-13(17)12(16)7-14(11)19-9-20-15/h6-7,9H,1-5,8H2,(H,18,19,20). The first-order chi connectivity index (χ1) is 10.1. The van der Waals surface area contributed by atoms with Crippen LogP contribution in [-0.2, 0) is 0 Å². The van der Waals surface area contributed by atoms with Gasteiger partial charge < -0.3 is 10.2 Å². The molecule has 110 valence electrons. The molecular weight excluding hydrogens is 291 g/mol. The highest BCUT2D eigenvalue weighted by Gasteiger charge is 2.14. The van der Waals surface area contributed by atoms with Gasteiger partial charge in [0.1, 0.15) is 18.0 Å². The molecular formula is C15H16ClFN4. The number of halogens is 2. The number of rotatable bonds is 4. The van der Waals surface area contributed by atoms with E-state index in [0.717, 1.165) is 18.8 Å². The highest BCUT2D eigenvalue weighted by atomic mass is 35.5. The molecule has 6 heteroatoms. The molecule has 0 radical (unpaired) electrons. The first kappa shape index (κ1) is 14.1. The lowest BCUT2D eigenvalue weighted by molar-refractivity contribution is 0.425. The van der Waals surface area contributed by atoms with Crippen molar-refractivity contribution in [2.75, 3.05) is 25.0 Å². The van der Waals surface area contributed by atoms with Crippen molar-refractivity contribution in [2.45, 2.75) is 12.8 Å². The molecule has 21 heavy (non-hydrogen) atoms. The van der Waals surface area contributed by atoms with Crippen molar-refractivity contribution in [2.24, 2.45) is 0 Å². The number of anilines is 1. The lowest BCUT2D eigenvalue weighted by Gasteiger charge is -2.21. The SMILES string of the molecule is C=C(CNc1ncnc2cc(Cl)c(F)cc12)N1CCCC1. The van der Waals surface area contributed by atoms with Crippen molar-refractivity contribution in [1.82, 2.24) is 14.9 Å². The van der Waals surface area contributed by atoms with Crippen molar-refractivity contribution < 1.29 is 4.39 Å². The van der Waals surface area contributed by atoms with Gasteiger partial charge in [-0.1, -0.05) is 18.2 Å². The predicted molar refractivity (Wildman–Crippen MR) is 82.9 cm³/mol. The van der Waals surface area contributed by atoms with E-state index in [2.05, 4.69) is 26.8 Å². The van der Waals surface area contributed by atoms with Crippen LogP contribution in [0, 0.1) is 5.82 Å². The normalized spacial score (nSPS) is 14.7. The maximum Gasteiger partial charge on any atom is 0.142 e. The lowest BCUT2D eigenvalue weighted by Crippen LogP contribution is -2.23. The van der Waals surface area contributed by atoms with Crippen LogP contribution in [0.4, 0.5) is 10.2 Å². The first-order valence-corrected chi connectivity index (χ1v) is 7.29. The molecule has 1 aliphatic rings. The number of likely N-dealkylation sites (tertiary alicyclic amines) is 1. The van der Waals surface area contributed by atoms with Gasteiger partial charge in [0, 0.05) is 24.2 Å². The molecule has 1 aromatic carbocycles. The maximum atomic E-state index is 13.6. The van der Waals surface area contributed by atoms with Gasteiger partial charge in [0.2, 0.25) is 0 Å². The van der Waals surface area contributed by atoms with Gasteiger partial charge in [-0.15, -0.1) is 0 Å². The quantitative estimate of drug-likeness (QED) is 0.939. The van der Waals surface area contributed by atoms with Gasteiger partial charge in [0.25, 0.3) is 0 Å². The Labute approximate surface area is 127 Å². The molecule has 2 heterocycles. The summed E-state index contributed by atoms with van der Waals surface area (Å²) in [5.74, 6) is 0.122. The van der Waals surface area contributed by atoms with Gasteiger partial charge in [0.15, 0.2) is 0 Å². The average molecular weight is 307 g/mol. The second-order valence-electron chi connectivity index (χ2n) is 5.12. The monoisotopic (exact) mass is 306 g/mol. The topological polar surface area (TPSA) is 41.1 Å². The molecule has 2 aromatic rings. The summed E-state index contributed by atoms with van der Waals surface area (Å²) in [6.07, 6.45) is 3.86. The third-order valence-electron chi connectivity index (χ3n) is 3.69. The molecule has 3 rings (SSSR count). The molecule has 1 aliphatic heterocycles. The molecule has 1 saturated heterocycles. The van der Waals surface area contributed by atoms with Gasteiger partial charge in [-0.2, -0.15) is 0 Å². The summed E-state index contributed by atoms with van der Waals surface area (Å²) in [5, 5.41) is 3.89. The van der Waals surface area contributed by atoms with E-state index in [-0.39, 0.29) is 5.02 Å². The molecule has 1 fully saturated rings. The van der Waals surface area contributed by atoms with Crippen molar-refractivity contribution in [3.63, 3.8) is 0 Å². The Morgan fingerprint density at radius 1 is 1.33 bits per heavy atom. The molecule has 0 unspecified atom stereocenters. The highest BCUT2D eigenvalue weighted by Crippen LogP contribution is 2.25. The predicted octanol–water partition coefficient (Wildman–Crippen LogP) is 3.44. The Kier molecular flexibility index (Phi) is 3.92. The van der Waals surface area contributed by atoms with Gasteiger partial charge in [-0.05, 0) is 25.0 Å². The van der Waals surface area contributed by atoms with Crippen molar-refractivity contribution in [3.05, 3.63) is 41.6 Å². The first-order valence-electron chi connectivity index (χ1n) is 6.91. The summed E-state index contributed by atoms with van der Waals surface area (Å²) in [5.41, 5.74) is 1.64. The minimum absolute atomic E-state index is 0.0635. The van der Waals surface area contributed by atoms with E-state index in [0.29, 0.717) is 23.3 Å². The number of aromatic nitrogens is 2. The fourth-order valence-corrected chi connectivity index (χ4v) is 2.68. The summed E-state index contributed by atoms with van der Waals surface area (Å²) in [4.78, 5) is 10.6. The van der Waals surface area contributed by atoms with E-state index >= 15 is 0 Å². The largest absolute Gasteiger partial charge is 0.374 e. The van der Waals surface area contributed by atoms with Gasteiger partial charge >= 0.3 is 0 Å². The molecule has 1 N–H and O–H groups in total. The Morgan fingerprint density at radius 2 is 2.10 bits per heavy atom. The number of nitrogens with zero attached hydrogens (tertiary/aromatic N) is 3. The van der Waals surface area contributed by atoms with Crippen LogP contribution in [0.5, 0.6) is 0 Å².